The van der Waals surface area contributed by atoms with Crippen LogP contribution in [-0.4, -0.2) is 0 Å². The van der Waals surface area contributed by atoms with Gasteiger partial charge in [-0.05, 0) is 42.8 Å². The van der Waals surface area contributed by atoms with E-state index in [0.717, 1.165) is 11.1 Å². The van der Waals surface area contributed by atoms with Crippen LogP contribution in [0.15, 0.2) is 66.7 Å². The monoisotopic (exact) mass is 296 g/mol. The lowest BCUT2D eigenvalue weighted by Gasteiger charge is -2.09. The second kappa shape index (κ2) is 5.98. The maximum absolute atomic E-state index is 14.0. The summed E-state index contributed by atoms with van der Waals surface area (Å²) >= 11 is 0. The summed E-state index contributed by atoms with van der Waals surface area (Å²) in [7, 11) is 0. The molecule has 0 spiro atoms. The molecule has 0 atom stereocenters. The molecule has 0 fully saturated rings. The van der Waals surface area contributed by atoms with E-state index < -0.39 is 0 Å². The molecular formula is C19H14F2O. The number of aryl methyl sites for hydroxylation is 1. The highest BCUT2D eigenvalue weighted by atomic mass is 19.1. The van der Waals surface area contributed by atoms with Gasteiger partial charge >= 0.3 is 0 Å². The van der Waals surface area contributed by atoms with Crippen molar-refractivity contribution in [2.45, 2.75) is 6.92 Å². The minimum Gasteiger partial charge on any atom is -0.457 e. The van der Waals surface area contributed by atoms with Crippen LogP contribution in [0.5, 0.6) is 11.5 Å². The smallest absolute Gasteiger partial charge is 0.131 e. The van der Waals surface area contributed by atoms with E-state index in [1.54, 1.807) is 18.2 Å². The van der Waals surface area contributed by atoms with Crippen LogP contribution in [0, 0.1) is 18.6 Å². The third-order valence-corrected chi connectivity index (χ3v) is 3.33. The molecule has 0 unspecified atom stereocenters. The first-order valence-electron chi connectivity index (χ1n) is 6.92. The average Bonchev–Trinajstić information content (AvgIpc) is 2.50. The molecule has 22 heavy (non-hydrogen) atoms. The second-order valence-corrected chi connectivity index (χ2v) is 5.07. The van der Waals surface area contributed by atoms with Crippen LogP contribution in [0.1, 0.15) is 5.56 Å². The lowest BCUT2D eigenvalue weighted by atomic mass is 10.0. The summed E-state index contributed by atoms with van der Waals surface area (Å²) < 4.78 is 32.8. The summed E-state index contributed by atoms with van der Waals surface area (Å²) in [5.41, 5.74) is 2.33. The molecule has 0 heterocycles. The van der Waals surface area contributed by atoms with Gasteiger partial charge in [-0.25, -0.2) is 8.78 Å². The van der Waals surface area contributed by atoms with Crippen molar-refractivity contribution in [1.82, 2.24) is 0 Å². The van der Waals surface area contributed by atoms with Crippen LogP contribution in [0.4, 0.5) is 8.78 Å². The molecule has 0 aromatic heterocycles. The zero-order valence-electron chi connectivity index (χ0n) is 12.0. The zero-order valence-corrected chi connectivity index (χ0v) is 12.0. The van der Waals surface area contributed by atoms with Gasteiger partial charge in [-0.1, -0.05) is 35.9 Å². The maximum atomic E-state index is 14.0. The fourth-order valence-corrected chi connectivity index (χ4v) is 2.19. The molecule has 1 nitrogen and oxygen atoms in total. The zero-order chi connectivity index (χ0) is 15.5. The van der Waals surface area contributed by atoms with E-state index >= 15 is 0 Å². The Kier molecular flexibility index (Phi) is 3.88. The molecule has 0 radical (unpaired) electrons. The highest BCUT2D eigenvalue weighted by Crippen LogP contribution is 2.30. The van der Waals surface area contributed by atoms with Gasteiger partial charge in [-0.2, -0.15) is 0 Å². The first kappa shape index (κ1) is 14.3. The Bertz CT molecular complexity index is 795. The number of hydrogen-bond acceptors (Lipinski definition) is 1. The van der Waals surface area contributed by atoms with Gasteiger partial charge in [-0.3, -0.25) is 0 Å². The highest BCUT2D eigenvalue weighted by molar-refractivity contribution is 5.66. The minimum absolute atomic E-state index is 0.324. The van der Waals surface area contributed by atoms with E-state index in [9.17, 15) is 8.78 Å². The van der Waals surface area contributed by atoms with E-state index in [4.69, 9.17) is 4.74 Å². The van der Waals surface area contributed by atoms with Crippen molar-refractivity contribution in [3.05, 3.63) is 83.9 Å². The SMILES string of the molecule is Cc1ccc(-c2cc(Oc3cccc(F)c3)ccc2F)cc1. The van der Waals surface area contributed by atoms with E-state index in [-0.39, 0.29) is 11.6 Å². The summed E-state index contributed by atoms with van der Waals surface area (Å²) in [6, 6.07) is 17.9. The van der Waals surface area contributed by atoms with E-state index in [0.29, 0.717) is 17.1 Å². The predicted octanol–water partition coefficient (Wildman–Crippen LogP) is 5.73. The fraction of sp³-hybridized carbons (Fsp3) is 0.0526. The van der Waals surface area contributed by atoms with Crippen molar-refractivity contribution >= 4 is 0 Å². The topological polar surface area (TPSA) is 9.23 Å². The molecule has 0 saturated heterocycles. The molecular weight excluding hydrogens is 282 g/mol. The molecule has 0 aliphatic carbocycles. The average molecular weight is 296 g/mol. The van der Waals surface area contributed by atoms with Crippen molar-refractivity contribution in [3.8, 4) is 22.6 Å². The van der Waals surface area contributed by atoms with Crippen LogP contribution in [0.2, 0.25) is 0 Å². The Labute approximate surface area is 127 Å². The summed E-state index contributed by atoms with van der Waals surface area (Å²) in [6.45, 7) is 1.98. The van der Waals surface area contributed by atoms with E-state index in [1.807, 2.05) is 31.2 Å². The van der Waals surface area contributed by atoms with Crippen LogP contribution in [0.25, 0.3) is 11.1 Å². The largest absolute Gasteiger partial charge is 0.457 e. The summed E-state index contributed by atoms with van der Waals surface area (Å²) in [6.07, 6.45) is 0. The minimum atomic E-state index is -0.377. The van der Waals surface area contributed by atoms with Gasteiger partial charge in [0.1, 0.15) is 23.1 Å². The van der Waals surface area contributed by atoms with Crippen LogP contribution < -0.4 is 4.74 Å². The summed E-state index contributed by atoms with van der Waals surface area (Å²) in [5.74, 6) is 0.137. The lowest BCUT2D eigenvalue weighted by molar-refractivity contribution is 0.475. The van der Waals surface area contributed by atoms with Crippen LogP contribution in [-0.2, 0) is 0 Å². The first-order chi connectivity index (χ1) is 10.6. The van der Waals surface area contributed by atoms with Gasteiger partial charge in [0.2, 0.25) is 0 Å². The normalized spacial score (nSPS) is 10.5. The molecule has 0 amide bonds. The number of hydrogen-bond donors (Lipinski definition) is 0. The highest BCUT2D eigenvalue weighted by Gasteiger charge is 2.08. The number of rotatable bonds is 3. The third-order valence-electron chi connectivity index (χ3n) is 3.33. The van der Waals surface area contributed by atoms with Crippen molar-refractivity contribution in [1.29, 1.82) is 0 Å². The third kappa shape index (κ3) is 3.14. The van der Waals surface area contributed by atoms with Crippen LogP contribution in [0.3, 0.4) is 0 Å². The molecule has 0 bridgehead atoms. The van der Waals surface area contributed by atoms with Crippen LogP contribution >= 0.6 is 0 Å². The maximum Gasteiger partial charge on any atom is 0.131 e. The Hall–Kier alpha value is -2.68. The lowest BCUT2D eigenvalue weighted by Crippen LogP contribution is -1.89. The van der Waals surface area contributed by atoms with Gasteiger partial charge in [0.05, 0.1) is 0 Å². The number of benzene rings is 3. The van der Waals surface area contributed by atoms with Gasteiger partial charge in [0, 0.05) is 11.6 Å². The van der Waals surface area contributed by atoms with Crippen molar-refractivity contribution < 1.29 is 13.5 Å². The van der Waals surface area contributed by atoms with Crippen molar-refractivity contribution in [2.24, 2.45) is 0 Å². The molecule has 0 saturated carbocycles. The molecule has 3 heteroatoms. The number of ether oxygens (including phenoxy) is 1. The molecule has 3 aromatic rings. The molecule has 0 aliphatic rings. The Morgan fingerprint density at radius 3 is 2.23 bits per heavy atom. The standard InChI is InChI=1S/C19H14F2O/c1-13-5-7-14(8-6-13)18-12-17(9-10-19(18)21)22-16-4-2-3-15(20)11-16/h2-12H,1H3. The van der Waals surface area contributed by atoms with Gasteiger partial charge in [0.15, 0.2) is 0 Å². The summed E-state index contributed by atoms with van der Waals surface area (Å²) in [4.78, 5) is 0. The molecule has 0 N–H and O–H groups in total. The van der Waals surface area contributed by atoms with E-state index in [2.05, 4.69) is 0 Å². The van der Waals surface area contributed by atoms with Crippen molar-refractivity contribution in [2.75, 3.05) is 0 Å². The molecule has 0 aliphatic heterocycles. The number of halogens is 2. The van der Waals surface area contributed by atoms with Crippen molar-refractivity contribution in [3.63, 3.8) is 0 Å². The van der Waals surface area contributed by atoms with Gasteiger partial charge in [0.25, 0.3) is 0 Å². The Balaban J connectivity index is 1.94. The fourth-order valence-electron chi connectivity index (χ4n) is 2.19. The predicted molar refractivity (Wildman–Crippen MR) is 83.0 cm³/mol. The van der Waals surface area contributed by atoms with Gasteiger partial charge in [-0.15, -0.1) is 0 Å². The Morgan fingerprint density at radius 2 is 1.50 bits per heavy atom. The van der Waals surface area contributed by atoms with Gasteiger partial charge < -0.3 is 4.74 Å². The second-order valence-electron chi connectivity index (χ2n) is 5.07. The first-order valence-corrected chi connectivity index (χ1v) is 6.92. The summed E-state index contributed by atoms with van der Waals surface area (Å²) in [5, 5.41) is 0. The quantitative estimate of drug-likeness (QED) is 0.599. The Morgan fingerprint density at radius 1 is 0.773 bits per heavy atom. The van der Waals surface area contributed by atoms with E-state index in [1.165, 1.54) is 24.3 Å². The molecule has 3 aromatic carbocycles. The molecule has 110 valence electrons. The molecule has 3 rings (SSSR count).